The molecule has 0 aliphatic carbocycles. The van der Waals surface area contributed by atoms with Gasteiger partial charge >= 0.3 is 5.97 Å². The van der Waals surface area contributed by atoms with Gasteiger partial charge in [-0.15, -0.1) is 0 Å². The van der Waals surface area contributed by atoms with Crippen molar-refractivity contribution in [1.29, 1.82) is 0 Å². The van der Waals surface area contributed by atoms with Gasteiger partial charge in [0, 0.05) is 5.39 Å². The quantitative estimate of drug-likeness (QED) is 0.669. The van der Waals surface area contributed by atoms with Gasteiger partial charge in [-0.25, -0.2) is 4.79 Å². The molecule has 7 heteroatoms. The molecule has 1 aliphatic heterocycles. The number of esters is 1. The minimum Gasteiger partial charge on any atom is -0.496 e. The number of hydrogen-bond donors (Lipinski definition) is 1. The zero-order valence-electron chi connectivity index (χ0n) is 16.0. The maximum atomic E-state index is 11.6. The number of halogens is 1. The van der Waals surface area contributed by atoms with Gasteiger partial charge in [0.15, 0.2) is 5.76 Å². The smallest absolute Gasteiger partial charge is 0.375 e. The molecule has 1 aromatic heterocycles. The Kier molecular flexibility index (Phi) is 9.05. The van der Waals surface area contributed by atoms with Gasteiger partial charge in [0.1, 0.15) is 11.3 Å². The Labute approximate surface area is 162 Å². The summed E-state index contributed by atoms with van der Waals surface area (Å²) in [5.74, 6) is 0.903. The van der Waals surface area contributed by atoms with Crippen molar-refractivity contribution in [3.8, 4) is 5.75 Å². The number of furan rings is 1. The zero-order chi connectivity index (χ0) is 19.7. The third kappa shape index (κ3) is 4.94. The molecule has 2 aromatic rings. The lowest BCUT2D eigenvalue weighted by atomic mass is 10.2. The van der Waals surface area contributed by atoms with Crippen LogP contribution in [0, 0.1) is 0 Å². The summed E-state index contributed by atoms with van der Waals surface area (Å²) in [6, 6.07) is 5.53. The summed E-state index contributed by atoms with van der Waals surface area (Å²) in [6.45, 7) is 10.0. The van der Waals surface area contributed by atoms with E-state index < -0.39 is 12.2 Å². The maximum Gasteiger partial charge on any atom is 0.375 e. The van der Waals surface area contributed by atoms with Crippen molar-refractivity contribution in [2.24, 2.45) is 0 Å². The molecule has 0 saturated carbocycles. The molecule has 144 valence electrons. The van der Waals surface area contributed by atoms with E-state index in [4.69, 9.17) is 18.6 Å². The molecule has 1 atom stereocenters. The number of fused-ring (bicyclic) bond motifs is 1. The lowest BCUT2D eigenvalue weighted by Crippen LogP contribution is -2.12. The molecule has 1 N–H and O–H groups in total. The van der Waals surface area contributed by atoms with Crippen LogP contribution in [0.15, 0.2) is 39.0 Å². The highest BCUT2D eigenvalue weighted by Gasteiger charge is 2.27. The predicted octanol–water partition coefficient (Wildman–Crippen LogP) is 5.28. The van der Waals surface area contributed by atoms with Gasteiger partial charge < -0.3 is 23.9 Å². The molecule has 1 aromatic carbocycles. The molecule has 1 unspecified atom stereocenters. The molecule has 3 rings (SSSR count). The second-order valence-electron chi connectivity index (χ2n) is 4.57. The Morgan fingerprint density at radius 3 is 2.54 bits per heavy atom. The van der Waals surface area contributed by atoms with Crippen molar-refractivity contribution in [2.75, 3.05) is 13.7 Å². The molecule has 2 heterocycles. The number of benzene rings is 1. The van der Waals surface area contributed by atoms with E-state index in [0.29, 0.717) is 23.7 Å². The van der Waals surface area contributed by atoms with Gasteiger partial charge in [0.2, 0.25) is 12.0 Å². The number of rotatable bonds is 4. The normalized spacial score (nSPS) is 14.7. The lowest BCUT2D eigenvalue weighted by molar-refractivity contribution is -0.143. The van der Waals surface area contributed by atoms with Gasteiger partial charge in [-0.05, 0) is 41.1 Å². The fourth-order valence-corrected chi connectivity index (χ4v) is 2.63. The Morgan fingerprint density at radius 1 is 1.23 bits per heavy atom. The van der Waals surface area contributed by atoms with Crippen molar-refractivity contribution in [1.82, 2.24) is 5.32 Å². The van der Waals surface area contributed by atoms with E-state index in [1.807, 2.05) is 45.9 Å². The Hall–Kier alpha value is -2.15. The molecule has 26 heavy (non-hydrogen) atoms. The van der Waals surface area contributed by atoms with Crippen LogP contribution in [0.25, 0.3) is 11.0 Å². The van der Waals surface area contributed by atoms with Crippen LogP contribution in [0.2, 0.25) is 0 Å². The Morgan fingerprint density at radius 2 is 1.92 bits per heavy atom. The molecule has 0 radical (unpaired) electrons. The molecule has 6 nitrogen and oxygen atoms in total. The van der Waals surface area contributed by atoms with Crippen molar-refractivity contribution < 1.29 is 23.4 Å². The van der Waals surface area contributed by atoms with Crippen LogP contribution in [-0.4, -0.2) is 19.7 Å². The van der Waals surface area contributed by atoms with E-state index in [9.17, 15) is 4.79 Å². The first-order chi connectivity index (χ1) is 12.6. The van der Waals surface area contributed by atoms with Crippen molar-refractivity contribution >= 4 is 32.9 Å². The molecule has 0 amide bonds. The largest absolute Gasteiger partial charge is 0.496 e. The molecular formula is C19H26BrNO5. The average molecular weight is 428 g/mol. The topological polar surface area (TPSA) is 69.9 Å². The number of hydrogen-bond acceptors (Lipinski definition) is 6. The first-order valence-corrected chi connectivity index (χ1v) is 9.48. The SMILES string of the molecule is CC.CC.CCOC(=O)C1=CNC(c2cc3cc(OC)c(Br)cc3o2)O1. The summed E-state index contributed by atoms with van der Waals surface area (Å²) in [5.41, 5.74) is 0.692. The summed E-state index contributed by atoms with van der Waals surface area (Å²) in [7, 11) is 1.60. The van der Waals surface area contributed by atoms with Crippen LogP contribution in [0.4, 0.5) is 0 Å². The third-order valence-electron chi connectivity index (χ3n) is 3.16. The van der Waals surface area contributed by atoms with E-state index in [-0.39, 0.29) is 5.76 Å². The Bertz CT molecular complexity index is 754. The fourth-order valence-electron chi connectivity index (χ4n) is 2.14. The lowest BCUT2D eigenvalue weighted by Gasteiger charge is -2.09. The average Bonchev–Trinajstić information content (AvgIpc) is 3.31. The summed E-state index contributed by atoms with van der Waals surface area (Å²) in [6.07, 6.45) is 0.920. The van der Waals surface area contributed by atoms with E-state index in [2.05, 4.69) is 21.2 Å². The first-order valence-electron chi connectivity index (χ1n) is 8.69. The highest BCUT2D eigenvalue weighted by molar-refractivity contribution is 9.10. The number of carbonyl (C=O) groups is 1. The minimum absolute atomic E-state index is 0.131. The van der Waals surface area contributed by atoms with E-state index in [1.165, 1.54) is 6.20 Å². The molecule has 0 fully saturated rings. The van der Waals surface area contributed by atoms with E-state index in [0.717, 1.165) is 9.86 Å². The van der Waals surface area contributed by atoms with Crippen LogP contribution in [0.1, 0.15) is 46.6 Å². The molecule has 1 aliphatic rings. The van der Waals surface area contributed by atoms with E-state index >= 15 is 0 Å². The second-order valence-corrected chi connectivity index (χ2v) is 5.42. The molecule has 0 spiro atoms. The maximum absolute atomic E-state index is 11.6. The summed E-state index contributed by atoms with van der Waals surface area (Å²) in [5, 5.41) is 3.82. The second kappa shape index (κ2) is 10.8. The zero-order valence-corrected chi connectivity index (χ0v) is 17.6. The number of carbonyl (C=O) groups excluding carboxylic acids is 1. The number of ether oxygens (including phenoxy) is 3. The molecular weight excluding hydrogens is 402 g/mol. The van der Waals surface area contributed by atoms with Gasteiger partial charge in [0.05, 0.1) is 24.4 Å². The summed E-state index contributed by atoms with van der Waals surface area (Å²) in [4.78, 5) is 11.6. The van der Waals surface area contributed by atoms with Crippen LogP contribution in [0.5, 0.6) is 5.75 Å². The third-order valence-corrected chi connectivity index (χ3v) is 3.78. The van der Waals surface area contributed by atoms with Crippen LogP contribution < -0.4 is 10.1 Å². The van der Waals surface area contributed by atoms with Gasteiger partial charge in [0.25, 0.3) is 0 Å². The van der Waals surface area contributed by atoms with E-state index in [1.54, 1.807) is 14.0 Å². The standard InChI is InChI=1S/C15H14BrNO5.2C2H6/c1-3-20-15(18)13-7-17-14(22-13)12-5-8-4-11(19-2)9(16)6-10(8)21-12;2*1-2/h4-7,14,17H,3H2,1-2H3;2*1-2H3. The Balaban J connectivity index is 0.000000791. The van der Waals surface area contributed by atoms with Gasteiger partial charge in [-0.2, -0.15) is 0 Å². The highest BCUT2D eigenvalue weighted by atomic mass is 79.9. The summed E-state index contributed by atoms with van der Waals surface area (Å²) >= 11 is 3.41. The van der Waals surface area contributed by atoms with Crippen LogP contribution >= 0.6 is 15.9 Å². The predicted molar refractivity (Wildman–Crippen MR) is 105 cm³/mol. The summed E-state index contributed by atoms with van der Waals surface area (Å²) < 4.78 is 22.2. The molecule has 0 bridgehead atoms. The monoisotopic (exact) mass is 427 g/mol. The molecule has 0 saturated heterocycles. The van der Waals surface area contributed by atoms with Crippen molar-refractivity contribution in [2.45, 2.75) is 40.8 Å². The first kappa shape index (κ1) is 21.9. The minimum atomic E-state index is -0.559. The van der Waals surface area contributed by atoms with Crippen molar-refractivity contribution in [3.05, 3.63) is 40.4 Å². The van der Waals surface area contributed by atoms with Crippen LogP contribution in [0.3, 0.4) is 0 Å². The van der Waals surface area contributed by atoms with Crippen molar-refractivity contribution in [3.63, 3.8) is 0 Å². The van der Waals surface area contributed by atoms with Gasteiger partial charge in [-0.1, -0.05) is 27.7 Å². The van der Waals surface area contributed by atoms with Crippen LogP contribution in [-0.2, 0) is 14.3 Å². The fraction of sp³-hybridized carbons (Fsp3) is 0.421. The number of methoxy groups -OCH3 is 1. The highest BCUT2D eigenvalue weighted by Crippen LogP contribution is 2.34. The van der Waals surface area contributed by atoms with Gasteiger partial charge in [-0.3, -0.25) is 0 Å². The number of nitrogens with one attached hydrogen (secondary N) is 1.